The number of carbonyl (C=O) groups is 2. The SMILES string of the molecule is COC(=O)c1cc(C(O)C(O)CSC(C)=O)cc([N+](=O)[O-])c1. The molecule has 2 atom stereocenters. The fourth-order valence-corrected chi connectivity index (χ4v) is 2.25. The lowest BCUT2D eigenvalue weighted by Gasteiger charge is -2.17. The summed E-state index contributed by atoms with van der Waals surface area (Å²) in [6.45, 7) is 1.31. The van der Waals surface area contributed by atoms with E-state index in [9.17, 15) is 29.9 Å². The molecule has 0 saturated heterocycles. The Morgan fingerprint density at radius 3 is 2.50 bits per heavy atom. The van der Waals surface area contributed by atoms with Crippen molar-refractivity contribution in [1.29, 1.82) is 0 Å². The van der Waals surface area contributed by atoms with E-state index in [1.807, 2.05) is 0 Å². The van der Waals surface area contributed by atoms with Crippen LogP contribution in [0.5, 0.6) is 0 Å². The minimum atomic E-state index is -1.48. The zero-order chi connectivity index (χ0) is 16.9. The van der Waals surface area contributed by atoms with Crippen LogP contribution in [0.15, 0.2) is 18.2 Å². The van der Waals surface area contributed by atoms with Crippen LogP contribution in [0.1, 0.15) is 28.9 Å². The van der Waals surface area contributed by atoms with Crippen LogP contribution in [0, 0.1) is 10.1 Å². The number of hydrogen-bond acceptors (Lipinski definition) is 8. The lowest BCUT2D eigenvalue weighted by atomic mass is 10.0. The quantitative estimate of drug-likeness (QED) is 0.450. The number of esters is 1. The van der Waals surface area contributed by atoms with Crippen LogP contribution in [0.3, 0.4) is 0 Å². The maximum atomic E-state index is 11.5. The molecule has 8 nitrogen and oxygen atoms in total. The highest BCUT2D eigenvalue weighted by Gasteiger charge is 2.23. The summed E-state index contributed by atoms with van der Waals surface area (Å²) in [5, 5.41) is 30.5. The summed E-state index contributed by atoms with van der Waals surface area (Å²) in [5.74, 6) is -0.878. The van der Waals surface area contributed by atoms with Gasteiger partial charge in [0.1, 0.15) is 6.10 Å². The summed E-state index contributed by atoms with van der Waals surface area (Å²) in [6, 6.07) is 3.27. The number of rotatable bonds is 6. The third kappa shape index (κ3) is 4.79. The lowest BCUT2D eigenvalue weighted by Crippen LogP contribution is -2.22. The van der Waals surface area contributed by atoms with E-state index in [1.54, 1.807) is 0 Å². The van der Waals surface area contributed by atoms with Gasteiger partial charge in [-0.15, -0.1) is 0 Å². The molecule has 0 amide bonds. The van der Waals surface area contributed by atoms with Gasteiger partial charge in [0.05, 0.1) is 23.7 Å². The van der Waals surface area contributed by atoms with Gasteiger partial charge in [-0.2, -0.15) is 0 Å². The molecule has 22 heavy (non-hydrogen) atoms. The number of thioether (sulfide) groups is 1. The van der Waals surface area contributed by atoms with E-state index < -0.39 is 28.8 Å². The molecule has 120 valence electrons. The number of methoxy groups -OCH3 is 1. The van der Waals surface area contributed by atoms with Crippen molar-refractivity contribution in [2.24, 2.45) is 0 Å². The zero-order valence-corrected chi connectivity index (χ0v) is 12.7. The average Bonchev–Trinajstić information content (AvgIpc) is 2.50. The number of nitro benzene ring substituents is 1. The van der Waals surface area contributed by atoms with Gasteiger partial charge < -0.3 is 14.9 Å². The number of benzene rings is 1. The van der Waals surface area contributed by atoms with E-state index in [1.165, 1.54) is 13.0 Å². The van der Waals surface area contributed by atoms with Crippen LogP contribution < -0.4 is 0 Å². The highest BCUT2D eigenvalue weighted by molar-refractivity contribution is 8.13. The number of carbonyl (C=O) groups excluding carboxylic acids is 2. The Morgan fingerprint density at radius 1 is 1.36 bits per heavy atom. The maximum absolute atomic E-state index is 11.5. The Bertz CT molecular complexity index is 590. The van der Waals surface area contributed by atoms with Gasteiger partial charge in [-0.25, -0.2) is 4.79 Å². The number of non-ortho nitro benzene ring substituents is 1. The molecule has 1 aromatic carbocycles. The minimum Gasteiger partial charge on any atom is -0.465 e. The number of ether oxygens (including phenoxy) is 1. The summed E-state index contributed by atoms with van der Waals surface area (Å²) in [5.41, 5.74) is -0.535. The van der Waals surface area contributed by atoms with Gasteiger partial charge in [0.15, 0.2) is 5.12 Å². The first-order chi connectivity index (χ1) is 10.3. The van der Waals surface area contributed by atoms with Gasteiger partial charge in [0.25, 0.3) is 5.69 Å². The predicted molar refractivity (Wildman–Crippen MR) is 78.5 cm³/mol. The summed E-state index contributed by atoms with van der Waals surface area (Å²) in [6.07, 6.45) is -2.79. The molecule has 0 aliphatic heterocycles. The predicted octanol–water partition coefficient (Wildman–Crippen LogP) is 1.06. The molecular weight excluding hydrogens is 314 g/mol. The monoisotopic (exact) mass is 329 g/mol. The first-order valence-electron chi connectivity index (χ1n) is 6.13. The minimum absolute atomic E-state index is 0.00810. The molecule has 0 aliphatic carbocycles. The molecule has 0 aromatic heterocycles. The molecule has 1 rings (SSSR count). The van der Waals surface area contributed by atoms with Crippen LogP contribution in [-0.4, -0.2) is 45.2 Å². The number of aliphatic hydroxyl groups excluding tert-OH is 2. The van der Waals surface area contributed by atoms with Crippen LogP contribution >= 0.6 is 11.8 Å². The smallest absolute Gasteiger partial charge is 0.338 e. The molecule has 2 N–H and O–H groups in total. The fraction of sp³-hybridized carbons (Fsp3) is 0.385. The highest BCUT2D eigenvalue weighted by atomic mass is 32.2. The topological polar surface area (TPSA) is 127 Å². The maximum Gasteiger partial charge on any atom is 0.338 e. The third-order valence-corrected chi connectivity index (χ3v) is 3.65. The molecular formula is C13H15NO7S. The summed E-state index contributed by atoms with van der Waals surface area (Å²) in [7, 11) is 1.12. The van der Waals surface area contributed by atoms with Gasteiger partial charge in [-0.3, -0.25) is 14.9 Å². The second-order valence-electron chi connectivity index (χ2n) is 4.38. The van der Waals surface area contributed by atoms with Crippen LogP contribution in [0.2, 0.25) is 0 Å². The Labute approximate surface area is 130 Å². The zero-order valence-electron chi connectivity index (χ0n) is 11.9. The van der Waals surface area contributed by atoms with E-state index in [-0.39, 0.29) is 22.0 Å². The first kappa shape index (κ1) is 18.1. The van der Waals surface area contributed by atoms with Gasteiger partial charge in [-0.1, -0.05) is 11.8 Å². The Morgan fingerprint density at radius 2 is 2.00 bits per heavy atom. The van der Waals surface area contributed by atoms with Crippen molar-refractivity contribution in [2.75, 3.05) is 12.9 Å². The summed E-state index contributed by atoms with van der Waals surface area (Å²) >= 11 is 0.813. The molecule has 0 bridgehead atoms. The molecule has 2 unspecified atom stereocenters. The number of nitro groups is 1. The molecule has 9 heteroatoms. The fourth-order valence-electron chi connectivity index (χ4n) is 1.66. The average molecular weight is 329 g/mol. The third-order valence-electron chi connectivity index (χ3n) is 2.74. The van der Waals surface area contributed by atoms with E-state index in [4.69, 9.17) is 0 Å². The normalized spacial score (nSPS) is 13.3. The van der Waals surface area contributed by atoms with Gasteiger partial charge in [0, 0.05) is 24.8 Å². The van der Waals surface area contributed by atoms with Gasteiger partial charge in [-0.05, 0) is 11.6 Å². The standard InChI is InChI=1S/C13H15NO7S/c1-7(15)22-6-11(16)12(17)8-3-9(13(18)21-2)5-10(4-8)14(19)20/h3-5,11-12,16-17H,6H2,1-2H3. The van der Waals surface area contributed by atoms with Crippen molar-refractivity contribution in [2.45, 2.75) is 19.1 Å². The van der Waals surface area contributed by atoms with Crippen molar-refractivity contribution in [3.63, 3.8) is 0 Å². The molecule has 0 fully saturated rings. The number of aliphatic hydroxyl groups is 2. The van der Waals surface area contributed by atoms with Crippen molar-refractivity contribution in [3.05, 3.63) is 39.4 Å². The number of nitrogens with zero attached hydrogens (tertiary/aromatic N) is 1. The second kappa shape index (κ2) is 7.87. The van der Waals surface area contributed by atoms with Crippen LogP contribution in [0.4, 0.5) is 5.69 Å². The van der Waals surface area contributed by atoms with Crippen molar-refractivity contribution >= 4 is 28.5 Å². The van der Waals surface area contributed by atoms with E-state index >= 15 is 0 Å². The largest absolute Gasteiger partial charge is 0.465 e. The summed E-state index contributed by atoms with van der Waals surface area (Å²) in [4.78, 5) is 32.5. The first-order valence-corrected chi connectivity index (χ1v) is 7.12. The number of hydrogen-bond donors (Lipinski definition) is 2. The van der Waals surface area contributed by atoms with E-state index in [0.29, 0.717) is 0 Å². The molecule has 0 aliphatic rings. The van der Waals surface area contributed by atoms with Crippen LogP contribution in [0.25, 0.3) is 0 Å². The molecule has 1 aromatic rings. The van der Waals surface area contributed by atoms with E-state index in [2.05, 4.69) is 4.74 Å². The summed E-state index contributed by atoms with van der Waals surface area (Å²) < 4.78 is 4.49. The van der Waals surface area contributed by atoms with Crippen LogP contribution in [-0.2, 0) is 9.53 Å². The molecule has 0 heterocycles. The Kier molecular flexibility index (Phi) is 6.47. The lowest BCUT2D eigenvalue weighted by molar-refractivity contribution is -0.385. The molecule has 0 saturated carbocycles. The van der Waals surface area contributed by atoms with Crippen molar-refractivity contribution in [3.8, 4) is 0 Å². The van der Waals surface area contributed by atoms with Crippen molar-refractivity contribution < 1.29 is 29.5 Å². The molecule has 0 spiro atoms. The highest BCUT2D eigenvalue weighted by Crippen LogP contribution is 2.26. The Balaban J connectivity index is 3.10. The van der Waals surface area contributed by atoms with Gasteiger partial charge in [0.2, 0.25) is 0 Å². The Hall–Kier alpha value is -1.97. The van der Waals surface area contributed by atoms with Crippen molar-refractivity contribution in [1.82, 2.24) is 0 Å². The second-order valence-corrected chi connectivity index (χ2v) is 5.57. The molecule has 0 radical (unpaired) electrons. The van der Waals surface area contributed by atoms with Gasteiger partial charge >= 0.3 is 5.97 Å². The van der Waals surface area contributed by atoms with E-state index in [0.717, 1.165) is 31.0 Å².